The van der Waals surface area contributed by atoms with Crippen molar-refractivity contribution >= 4 is 5.97 Å². The second-order valence-corrected chi connectivity index (χ2v) is 4.70. The third-order valence-electron chi connectivity index (χ3n) is 2.07. The molecule has 0 fully saturated rings. The lowest BCUT2D eigenvalue weighted by Crippen LogP contribution is -2.27. The molecule has 14 heavy (non-hydrogen) atoms. The maximum absolute atomic E-state index is 11.6. The molecule has 0 aliphatic carbocycles. The summed E-state index contributed by atoms with van der Waals surface area (Å²) in [7, 11) is 0. The van der Waals surface area contributed by atoms with Crippen LogP contribution in [0.2, 0.25) is 0 Å². The molecular formula is C12H22O2. The molecule has 82 valence electrons. The first kappa shape index (κ1) is 13.2. The minimum Gasteiger partial charge on any atom is -0.465 e. The predicted octanol–water partition coefficient (Wildman–Crippen LogP) is 3.18. The van der Waals surface area contributed by atoms with E-state index in [1.165, 1.54) is 0 Å². The van der Waals surface area contributed by atoms with Gasteiger partial charge in [-0.2, -0.15) is 0 Å². The summed E-state index contributed by atoms with van der Waals surface area (Å²) in [6, 6.07) is 0. The van der Waals surface area contributed by atoms with E-state index >= 15 is 0 Å². The normalized spacial score (nSPS) is 11.5. The monoisotopic (exact) mass is 198 g/mol. The van der Waals surface area contributed by atoms with Crippen molar-refractivity contribution in [1.82, 2.24) is 0 Å². The van der Waals surface area contributed by atoms with E-state index in [0.29, 0.717) is 12.5 Å². The van der Waals surface area contributed by atoms with Crippen LogP contribution in [-0.2, 0) is 9.53 Å². The van der Waals surface area contributed by atoms with Crippen LogP contribution < -0.4 is 0 Å². The number of rotatable bonds is 6. The number of hydrogen-bond donors (Lipinski definition) is 0. The zero-order valence-corrected chi connectivity index (χ0v) is 9.80. The van der Waals surface area contributed by atoms with Gasteiger partial charge >= 0.3 is 5.97 Å². The van der Waals surface area contributed by atoms with Crippen molar-refractivity contribution in [2.75, 3.05) is 6.61 Å². The van der Waals surface area contributed by atoms with E-state index in [9.17, 15) is 4.79 Å². The van der Waals surface area contributed by atoms with Gasteiger partial charge in [0.25, 0.3) is 0 Å². The number of ether oxygens (including phenoxy) is 1. The van der Waals surface area contributed by atoms with Crippen molar-refractivity contribution in [1.29, 1.82) is 0 Å². The first-order chi connectivity index (χ1) is 6.40. The lowest BCUT2D eigenvalue weighted by atomic mass is 9.88. The van der Waals surface area contributed by atoms with Gasteiger partial charge in [0.15, 0.2) is 0 Å². The number of esters is 1. The molecule has 0 saturated heterocycles. The predicted molar refractivity (Wildman–Crippen MR) is 59.0 cm³/mol. The quantitative estimate of drug-likeness (QED) is 0.484. The molecule has 0 saturated carbocycles. The number of allylic oxidation sites excluding steroid dienone is 1. The second kappa shape index (κ2) is 5.84. The molecule has 0 aromatic carbocycles. The zero-order valence-electron chi connectivity index (χ0n) is 9.80. The first-order valence-corrected chi connectivity index (χ1v) is 5.18. The van der Waals surface area contributed by atoms with Crippen molar-refractivity contribution in [3.63, 3.8) is 0 Å². The van der Waals surface area contributed by atoms with E-state index in [0.717, 1.165) is 12.8 Å². The van der Waals surface area contributed by atoms with Crippen molar-refractivity contribution in [3.05, 3.63) is 12.7 Å². The van der Waals surface area contributed by atoms with Crippen molar-refractivity contribution in [2.45, 2.75) is 40.5 Å². The summed E-state index contributed by atoms with van der Waals surface area (Å²) in [6.45, 7) is 12.1. The van der Waals surface area contributed by atoms with Crippen LogP contribution in [0.4, 0.5) is 0 Å². The highest BCUT2D eigenvalue weighted by atomic mass is 16.5. The van der Waals surface area contributed by atoms with Gasteiger partial charge < -0.3 is 4.74 Å². The van der Waals surface area contributed by atoms with E-state index in [1.54, 1.807) is 0 Å². The lowest BCUT2D eigenvalue weighted by Gasteiger charge is -2.22. The molecule has 2 heteroatoms. The molecule has 0 rings (SSSR count). The minimum atomic E-state index is -0.386. The van der Waals surface area contributed by atoms with Crippen LogP contribution in [0.15, 0.2) is 12.7 Å². The smallest absolute Gasteiger partial charge is 0.311 e. The Kier molecular flexibility index (Phi) is 5.51. The number of carbonyl (C=O) groups is 1. The number of carbonyl (C=O) groups excluding carboxylic acids is 1. The summed E-state index contributed by atoms with van der Waals surface area (Å²) in [4.78, 5) is 11.6. The van der Waals surface area contributed by atoms with Gasteiger partial charge in [0.1, 0.15) is 0 Å². The number of hydrogen-bond acceptors (Lipinski definition) is 2. The SMILES string of the molecule is C=CCCC(C)(C)C(=O)OCC(C)C. The van der Waals surface area contributed by atoms with E-state index in [-0.39, 0.29) is 11.4 Å². The highest BCUT2D eigenvalue weighted by molar-refractivity contribution is 5.75. The molecule has 2 nitrogen and oxygen atoms in total. The Balaban J connectivity index is 4.00. The Morgan fingerprint density at radius 3 is 2.50 bits per heavy atom. The van der Waals surface area contributed by atoms with Crippen molar-refractivity contribution in [2.24, 2.45) is 11.3 Å². The average Bonchev–Trinajstić information content (AvgIpc) is 2.10. The Hall–Kier alpha value is -0.790. The fraction of sp³-hybridized carbons (Fsp3) is 0.750. The molecule has 0 spiro atoms. The molecule has 0 aliphatic rings. The van der Waals surface area contributed by atoms with Gasteiger partial charge in [0.05, 0.1) is 12.0 Å². The van der Waals surface area contributed by atoms with Crippen LogP contribution in [0.3, 0.4) is 0 Å². The van der Waals surface area contributed by atoms with Crippen molar-refractivity contribution in [3.8, 4) is 0 Å². The van der Waals surface area contributed by atoms with Gasteiger partial charge in [-0.3, -0.25) is 4.79 Å². The summed E-state index contributed by atoms with van der Waals surface area (Å²) in [5.41, 5.74) is -0.386. The summed E-state index contributed by atoms with van der Waals surface area (Å²) >= 11 is 0. The van der Waals surface area contributed by atoms with Crippen LogP contribution >= 0.6 is 0 Å². The van der Waals surface area contributed by atoms with Crippen LogP contribution in [0.5, 0.6) is 0 Å². The third-order valence-corrected chi connectivity index (χ3v) is 2.07. The Morgan fingerprint density at radius 1 is 1.50 bits per heavy atom. The second-order valence-electron chi connectivity index (χ2n) is 4.70. The molecule has 0 radical (unpaired) electrons. The van der Waals surface area contributed by atoms with Gasteiger partial charge in [0.2, 0.25) is 0 Å². The third kappa shape index (κ3) is 5.05. The minimum absolute atomic E-state index is 0.104. The molecule has 0 aliphatic heterocycles. The van der Waals surface area contributed by atoms with Crippen LogP contribution in [0.1, 0.15) is 40.5 Å². The van der Waals surface area contributed by atoms with Crippen LogP contribution in [0.25, 0.3) is 0 Å². The molecule has 0 aromatic heterocycles. The molecule has 0 heterocycles. The molecule has 0 amide bonds. The van der Waals surface area contributed by atoms with Gasteiger partial charge in [0, 0.05) is 0 Å². The van der Waals surface area contributed by atoms with E-state index < -0.39 is 0 Å². The summed E-state index contributed by atoms with van der Waals surface area (Å²) < 4.78 is 5.19. The molecule has 0 aromatic rings. The van der Waals surface area contributed by atoms with Gasteiger partial charge in [-0.15, -0.1) is 6.58 Å². The summed E-state index contributed by atoms with van der Waals surface area (Å²) in [5.74, 6) is 0.294. The molecule has 0 unspecified atom stereocenters. The average molecular weight is 198 g/mol. The standard InChI is InChI=1S/C12H22O2/c1-6-7-8-12(4,5)11(13)14-9-10(2)3/h6,10H,1,7-9H2,2-5H3. The summed E-state index contributed by atoms with van der Waals surface area (Å²) in [5, 5.41) is 0. The van der Waals surface area contributed by atoms with Gasteiger partial charge in [-0.1, -0.05) is 19.9 Å². The van der Waals surface area contributed by atoms with E-state index in [1.807, 2.05) is 33.8 Å². The highest BCUT2D eigenvalue weighted by Gasteiger charge is 2.28. The van der Waals surface area contributed by atoms with E-state index in [4.69, 9.17) is 4.74 Å². The topological polar surface area (TPSA) is 26.3 Å². The maximum Gasteiger partial charge on any atom is 0.311 e. The van der Waals surface area contributed by atoms with Crippen molar-refractivity contribution < 1.29 is 9.53 Å². The zero-order chi connectivity index (χ0) is 11.2. The first-order valence-electron chi connectivity index (χ1n) is 5.18. The highest BCUT2D eigenvalue weighted by Crippen LogP contribution is 2.24. The molecule has 0 bridgehead atoms. The van der Waals surface area contributed by atoms with Crippen LogP contribution in [0, 0.1) is 11.3 Å². The molecular weight excluding hydrogens is 176 g/mol. The molecule has 0 atom stereocenters. The lowest BCUT2D eigenvalue weighted by molar-refractivity contribution is -0.155. The fourth-order valence-corrected chi connectivity index (χ4v) is 1.00. The fourth-order valence-electron chi connectivity index (χ4n) is 1.00. The molecule has 0 N–H and O–H groups in total. The summed E-state index contributed by atoms with van der Waals surface area (Å²) in [6.07, 6.45) is 3.48. The van der Waals surface area contributed by atoms with Gasteiger partial charge in [-0.25, -0.2) is 0 Å². The maximum atomic E-state index is 11.6. The Morgan fingerprint density at radius 2 is 2.07 bits per heavy atom. The van der Waals surface area contributed by atoms with E-state index in [2.05, 4.69) is 6.58 Å². The largest absolute Gasteiger partial charge is 0.465 e. The van der Waals surface area contributed by atoms with Crippen LogP contribution in [-0.4, -0.2) is 12.6 Å². The Bertz CT molecular complexity index is 192. The Labute approximate surface area is 87.3 Å². The van der Waals surface area contributed by atoms with Gasteiger partial charge in [-0.05, 0) is 32.6 Å².